The van der Waals surface area contributed by atoms with Crippen LogP contribution in [-0.2, 0) is 4.74 Å². The molecule has 0 amide bonds. The second-order valence-electron chi connectivity index (χ2n) is 6.99. The van der Waals surface area contributed by atoms with E-state index in [1.54, 1.807) is 0 Å². The highest BCUT2D eigenvalue weighted by Crippen LogP contribution is 2.01. The molecule has 2 fully saturated rings. The van der Waals surface area contributed by atoms with Gasteiger partial charge in [0.1, 0.15) is 0 Å². The van der Waals surface area contributed by atoms with Crippen molar-refractivity contribution in [2.75, 3.05) is 92.3 Å². The zero-order valence-electron chi connectivity index (χ0n) is 16.3. The maximum absolute atomic E-state index is 5.39. The SMILES string of the molecule is CCNC(=NCCCCN1CCN(C)CC1)NCCN1CCOCC1. The Balaban J connectivity index is 1.55. The number of rotatable bonds is 9. The van der Waals surface area contributed by atoms with Crippen molar-refractivity contribution in [2.24, 2.45) is 4.99 Å². The fraction of sp³-hybridized carbons (Fsp3) is 0.944. The van der Waals surface area contributed by atoms with Gasteiger partial charge in [0.2, 0.25) is 0 Å². The number of guanidine groups is 1. The average molecular weight is 355 g/mol. The van der Waals surface area contributed by atoms with E-state index in [1.807, 2.05) is 0 Å². The molecule has 25 heavy (non-hydrogen) atoms. The van der Waals surface area contributed by atoms with Gasteiger partial charge in [0.05, 0.1) is 13.2 Å². The number of nitrogens with zero attached hydrogens (tertiary/aromatic N) is 4. The van der Waals surface area contributed by atoms with Crippen LogP contribution in [0.3, 0.4) is 0 Å². The molecule has 146 valence electrons. The molecular formula is C18H38N6O. The fourth-order valence-corrected chi connectivity index (χ4v) is 3.21. The molecule has 0 spiro atoms. The van der Waals surface area contributed by atoms with E-state index >= 15 is 0 Å². The quantitative estimate of drug-likeness (QED) is 0.343. The predicted molar refractivity (Wildman–Crippen MR) is 104 cm³/mol. The van der Waals surface area contributed by atoms with Crippen LogP contribution in [-0.4, -0.2) is 113 Å². The third-order valence-electron chi connectivity index (χ3n) is 4.92. The molecule has 0 aromatic carbocycles. The molecule has 7 heteroatoms. The zero-order chi connectivity index (χ0) is 17.7. The Bertz CT molecular complexity index is 365. The summed E-state index contributed by atoms with van der Waals surface area (Å²) in [6, 6.07) is 0. The summed E-state index contributed by atoms with van der Waals surface area (Å²) in [5, 5.41) is 6.80. The Morgan fingerprint density at radius 1 is 0.920 bits per heavy atom. The number of aliphatic imine (C=N–C) groups is 1. The van der Waals surface area contributed by atoms with Gasteiger partial charge in [-0.1, -0.05) is 0 Å². The molecule has 0 unspecified atom stereocenters. The second kappa shape index (κ2) is 12.5. The Hall–Kier alpha value is -0.890. The molecular weight excluding hydrogens is 316 g/mol. The van der Waals surface area contributed by atoms with Crippen LogP contribution in [0.2, 0.25) is 0 Å². The molecule has 2 rings (SSSR count). The summed E-state index contributed by atoms with van der Waals surface area (Å²) in [6.07, 6.45) is 2.40. The molecule has 0 saturated carbocycles. The first-order chi connectivity index (χ1) is 12.3. The standard InChI is InChI=1S/C18H38N6O/c1-3-19-18(21-7-9-24-14-16-25-17-15-24)20-6-4-5-8-23-12-10-22(2)11-13-23/h3-17H2,1-2H3,(H2,19,20,21). The summed E-state index contributed by atoms with van der Waals surface area (Å²) in [7, 11) is 2.21. The van der Waals surface area contributed by atoms with Crippen LogP contribution in [0.5, 0.6) is 0 Å². The van der Waals surface area contributed by atoms with Gasteiger partial charge in [-0.2, -0.15) is 0 Å². The van der Waals surface area contributed by atoms with E-state index in [0.29, 0.717) is 0 Å². The summed E-state index contributed by atoms with van der Waals surface area (Å²) in [5.41, 5.74) is 0. The maximum atomic E-state index is 5.39. The molecule has 7 nitrogen and oxygen atoms in total. The second-order valence-corrected chi connectivity index (χ2v) is 6.99. The normalized spacial score (nSPS) is 21.4. The Morgan fingerprint density at radius 2 is 1.64 bits per heavy atom. The molecule has 0 aromatic rings. The fourth-order valence-electron chi connectivity index (χ4n) is 3.21. The number of unbranched alkanes of at least 4 members (excludes halogenated alkanes) is 1. The van der Waals surface area contributed by atoms with E-state index < -0.39 is 0 Å². The smallest absolute Gasteiger partial charge is 0.191 e. The molecule has 2 aliphatic rings. The number of likely N-dealkylation sites (N-methyl/N-ethyl adjacent to an activating group) is 1. The van der Waals surface area contributed by atoms with Crippen LogP contribution in [0.15, 0.2) is 4.99 Å². The summed E-state index contributed by atoms with van der Waals surface area (Å²) in [6.45, 7) is 15.8. The minimum absolute atomic E-state index is 0.863. The van der Waals surface area contributed by atoms with E-state index in [-0.39, 0.29) is 0 Å². The molecule has 2 N–H and O–H groups in total. The van der Waals surface area contributed by atoms with Crippen molar-refractivity contribution >= 4 is 5.96 Å². The largest absolute Gasteiger partial charge is 0.379 e. The lowest BCUT2D eigenvalue weighted by molar-refractivity contribution is 0.0389. The number of piperazine rings is 1. The van der Waals surface area contributed by atoms with E-state index in [0.717, 1.165) is 64.9 Å². The Morgan fingerprint density at radius 3 is 2.36 bits per heavy atom. The van der Waals surface area contributed by atoms with E-state index in [2.05, 4.69) is 39.3 Å². The number of hydrogen-bond acceptors (Lipinski definition) is 5. The van der Waals surface area contributed by atoms with E-state index in [4.69, 9.17) is 9.73 Å². The van der Waals surface area contributed by atoms with Gasteiger partial charge < -0.3 is 25.2 Å². The third-order valence-corrected chi connectivity index (χ3v) is 4.92. The summed E-state index contributed by atoms with van der Waals surface area (Å²) >= 11 is 0. The van der Waals surface area contributed by atoms with Crippen LogP contribution in [0.1, 0.15) is 19.8 Å². The molecule has 2 aliphatic heterocycles. The van der Waals surface area contributed by atoms with Crippen molar-refractivity contribution < 1.29 is 4.74 Å². The van der Waals surface area contributed by atoms with Crippen molar-refractivity contribution in [1.82, 2.24) is 25.3 Å². The molecule has 2 heterocycles. The first-order valence-electron chi connectivity index (χ1n) is 10.0. The average Bonchev–Trinajstić information content (AvgIpc) is 2.64. The van der Waals surface area contributed by atoms with Gasteiger partial charge in [0.15, 0.2) is 5.96 Å². The summed E-state index contributed by atoms with van der Waals surface area (Å²) in [4.78, 5) is 12.1. The first-order valence-corrected chi connectivity index (χ1v) is 10.0. The van der Waals surface area contributed by atoms with Gasteiger partial charge in [-0.25, -0.2) is 0 Å². The topological polar surface area (TPSA) is 55.4 Å². The lowest BCUT2D eigenvalue weighted by Crippen LogP contribution is -2.44. The highest BCUT2D eigenvalue weighted by Gasteiger charge is 2.12. The lowest BCUT2D eigenvalue weighted by Gasteiger charge is -2.32. The molecule has 0 radical (unpaired) electrons. The van der Waals surface area contributed by atoms with E-state index in [1.165, 1.54) is 39.1 Å². The number of nitrogens with one attached hydrogen (secondary N) is 2. The summed E-state index contributed by atoms with van der Waals surface area (Å²) in [5.74, 6) is 0.954. The highest BCUT2D eigenvalue weighted by molar-refractivity contribution is 5.79. The van der Waals surface area contributed by atoms with Crippen LogP contribution >= 0.6 is 0 Å². The van der Waals surface area contributed by atoms with Crippen LogP contribution in [0, 0.1) is 0 Å². The maximum Gasteiger partial charge on any atom is 0.191 e. The van der Waals surface area contributed by atoms with Crippen molar-refractivity contribution in [2.45, 2.75) is 19.8 Å². The minimum Gasteiger partial charge on any atom is -0.379 e. The van der Waals surface area contributed by atoms with Gasteiger partial charge >= 0.3 is 0 Å². The van der Waals surface area contributed by atoms with Gasteiger partial charge in [-0.3, -0.25) is 9.89 Å². The van der Waals surface area contributed by atoms with Gasteiger partial charge in [0.25, 0.3) is 0 Å². The van der Waals surface area contributed by atoms with Crippen molar-refractivity contribution in [3.05, 3.63) is 0 Å². The summed E-state index contributed by atoms with van der Waals surface area (Å²) < 4.78 is 5.39. The number of ether oxygens (including phenoxy) is 1. The first kappa shape index (κ1) is 20.4. The van der Waals surface area contributed by atoms with Crippen LogP contribution in [0.4, 0.5) is 0 Å². The van der Waals surface area contributed by atoms with Gasteiger partial charge in [-0.05, 0) is 33.4 Å². The predicted octanol–water partition coefficient (Wildman–Crippen LogP) is -0.0987. The van der Waals surface area contributed by atoms with E-state index in [9.17, 15) is 0 Å². The number of morpholine rings is 1. The highest BCUT2D eigenvalue weighted by atomic mass is 16.5. The molecule has 0 atom stereocenters. The molecule has 0 bridgehead atoms. The Kier molecular flexibility index (Phi) is 10.2. The van der Waals surface area contributed by atoms with Crippen LogP contribution in [0.25, 0.3) is 0 Å². The monoisotopic (exact) mass is 354 g/mol. The van der Waals surface area contributed by atoms with Crippen LogP contribution < -0.4 is 10.6 Å². The lowest BCUT2D eigenvalue weighted by atomic mass is 10.2. The molecule has 2 saturated heterocycles. The Labute approximate surface area is 153 Å². The van der Waals surface area contributed by atoms with Gasteiger partial charge in [-0.15, -0.1) is 0 Å². The molecule has 0 aliphatic carbocycles. The minimum atomic E-state index is 0.863. The molecule has 0 aromatic heterocycles. The number of hydrogen-bond donors (Lipinski definition) is 2. The third kappa shape index (κ3) is 8.85. The van der Waals surface area contributed by atoms with Crippen molar-refractivity contribution in [3.63, 3.8) is 0 Å². The van der Waals surface area contributed by atoms with Crippen molar-refractivity contribution in [3.8, 4) is 0 Å². The van der Waals surface area contributed by atoms with Gasteiger partial charge in [0, 0.05) is 65.4 Å². The zero-order valence-corrected chi connectivity index (χ0v) is 16.3. The van der Waals surface area contributed by atoms with Crippen molar-refractivity contribution in [1.29, 1.82) is 0 Å².